The maximum atomic E-state index is 5.32. The van der Waals surface area contributed by atoms with Gasteiger partial charge < -0.3 is 14.0 Å². The van der Waals surface area contributed by atoms with Crippen molar-refractivity contribution in [2.45, 2.75) is 10.6 Å². The molecule has 0 saturated heterocycles. The van der Waals surface area contributed by atoms with Crippen LogP contribution in [0.5, 0.6) is 11.5 Å². The highest BCUT2D eigenvalue weighted by molar-refractivity contribution is 7.98. The minimum absolute atomic E-state index is 0.560. The van der Waals surface area contributed by atoms with Crippen molar-refractivity contribution in [2.24, 2.45) is 0 Å². The molecule has 0 amide bonds. The molecule has 1 heterocycles. The summed E-state index contributed by atoms with van der Waals surface area (Å²) < 4.78 is 15.7. The van der Waals surface area contributed by atoms with Crippen molar-refractivity contribution in [3.63, 3.8) is 0 Å². The van der Waals surface area contributed by atoms with Crippen LogP contribution in [-0.4, -0.2) is 24.4 Å². The summed E-state index contributed by atoms with van der Waals surface area (Å²) in [7, 11) is 3.29. The zero-order valence-electron chi connectivity index (χ0n) is 12.9. The lowest BCUT2D eigenvalue weighted by Gasteiger charge is -2.02. The van der Waals surface area contributed by atoms with Crippen LogP contribution in [0, 0.1) is 0 Å². The third kappa shape index (κ3) is 3.84. The molecule has 0 aliphatic rings. The van der Waals surface area contributed by atoms with E-state index in [2.05, 4.69) is 10.1 Å². The molecule has 5 nitrogen and oxygen atoms in total. The highest BCUT2D eigenvalue weighted by Gasteiger charge is 2.10. The summed E-state index contributed by atoms with van der Waals surface area (Å²) in [4.78, 5) is 5.52. The Labute approximate surface area is 138 Å². The van der Waals surface area contributed by atoms with Gasteiger partial charge in [0.15, 0.2) is 0 Å². The second-order valence-corrected chi connectivity index (χ2v) is 5.76. The predicted octanol–water partition coefficient (Wildman–Crippen LogP) is 4.05. The monoisotopic (exact) mass is 328 g/mol. The largest absolute Gasteiger partial charge is 0.497 e. The average molecular weight is 328 g/mol. The molecule has 3 rings (SSSR count). The first-order valence-electron chi connectivity index (χ1n) is 7.02. The molecule has 0 aliphatic heterocycles. The van der Waals surface area contributed by atoms with Crippen LogP contribution in [0.3, 0.4) is 0 Å². The number of benzene rings is 2. The molecule has 0 radical (unpaired) electrons. The van der Waals surface area contributed by atoms with Gasteiger partial charge in [-0.3, -0.25) is 0 Å². The Bertz CT molecular complexity index is 789. The van der Waals surface area contributed by atoms with Gasteiger partial charge in [0.2, 0.25) is 11.7 Å². The molecule has 0 N–H and O–H groups in total. The van der Waals surface area contributed by atoms with Crippen molar-refractivity contribution in [3.8, 4) is 22.9 Å². The van der Waals surface area contributed by atoms with Crippen molar-refractivity contribution in [1.82, 2.24) is 10.1 Å². The van der Waals surface area contributed by atoms with E-state index in [1.807, 2.05) is 48.5 Å². The maximum Gasteiger partial charge on any atom is 0.237 e. The van der Waals surface area contributed by atoms with Gasteiger partial charge in [-0.05, 0) is 30.3 Å². The third-order valence-electron chi connectivity index (χ3n) is 3.20. The van der Waals surface area contributed by atoms with Crippen LogP contribution < -0.4 is 9.47 Å². The van der Waals surface area contributed by atoms with Gasteiger partial charge in [-0.15, -0.1) is 11.8 Å². The van der Waals surface area contributed by atoms with Crippen LogP contribution >= 0.6 is 11.8 Å². The fourth-order valence-corrected chi connectivity index (χ4v) is 2.81. The molecule has 23 heavy (non-hydrogen) atoms. The first-order valence-corrected chi connectivity index (χ1v) is 8.01. The Balaban J connectivity index is 1.69. The topological polar surface area (TPSA) is 57.4 Å². The van der Waals surface area contributed by atoms with E-state index in [4.69, 9.17) is 14.0 Å². The van der Waals surface area contributed by atoms with E-state index >= 15 is 0 Å². The van der Waals surface area contributed by atoms with Gasteiger partial charge in [-0.25, -0.2) is 0 Å². The highest BCUT2D eigenvalue weighted by atomic mass is 32.2. The molecule has 0 fully saturated rings. The average Bonchev–Trinajstić information content (AvgIpc) is 3.09. The molecule has 6 heteroatoms. The van der Waals surface area contributed by atoms with Gasteiger partial charge >= 0.3 is 0 Å². The molecule has 0 saturated carbocycles. The van der Waals surface area contributed by atoms with Crippen molar-refractivity contribution in [2.75, 3.05) is 14.2 Å². The van der Waals surface area contributed by atoms with Crippen molar-refractivity contribution >= 4 is 11.8 Å². The van der Waals surface area contributed by atoms with Gasteiger partial charge in [0.05, 0.1) is 20.0 Å². The lowest BCUT2D eigenvalue weighted by molar-refractivity contribution is 0.391. The Kier molecular flexibility index (Phi) is 4.83. The molecular weight excluding hydrogens is 312 g/mol. The molecule has 3 aromatic rings. The van der Waals surface area contributed by atoms with Crippen LogP contribution in [0.2, 0.25) is 0 Å². The molecule has 0 aliphatic carbocycles. The molecule has 0 atom stereocenters. The first kappa shape index (κ1) is 15.4. The number of hydrogen-bond acceptors (Lipinski definition) is 6. The van der Waals surface area contributed by atoms with E-state index in [-0.39, 0.29) is 0 Å². The number of nitrogens with zero attached hydrogens (tertiary/aromatic N) is 2. The minimum atomic E-state index is 0.560. The number of rotatable bonds is 6. The Hall–Kier alpha value is -2.47. The number of methoxy groups -OCH3 is 2. The molecule has 0 unspecified atom stereocenters. The standard InChI is InChI=1S/C17H16N2O3S/c1-20-13-6-3-5-12(9-13)17-18-16(22-19-17)11-23-15-8-4-7-14(10-15)21-2/h3-10H,11H2,1-2H3. The normalized spacial score (nSPS) is 10.5. The fraction of sp³-hybridized carbons (Fsp3) is 0.176. The van der Waals surface area contributed by atoms with E-state index in [1.165, 1.54) is 0 Å². The number of aromatic nitrogens is 2. The fourth-order valence-electron chi connectivity index (χ4n) is 2.03. The number of thioether (sulfide) groups is 1. The van der Waals surface area contributed by atoms with E-state index in [0.29, 0.717) is 17.5 Å². The van der Waals surface area contributed by atoms with Crippen molar-refractivity contribution < 1.29 is 14.0 Å². The smallest absolute Gasteiger partial charge is 0.237 e. The van der Waals surface area contributed by atoms with Gasteiger partial charge in [0.1, 0.15) is 11.5 Å². The van der Waals surface area contributed by atoms with E-state index in [9.17, 15) is 0 Å². The Morgan fingerprint density at radius 1 is 1.00 bits per heavy atom. The van der Waals surface area contributed by atoms with E-state index in [1.54, 1.807) is 26.0 Å². The van der Waals surface area contributed by atoms with Crippen LogP contribution in [-0.2, 0) is 5.75 Å². The zero-order chi connectivity index (χ0) is 16.1. The summed E-state index contributed by atoms with van der Waals surface area (Å²) >= 11 is 1.62. The van der Waals surface area contributed by atoms with Crippen molar-refractivity contribution in [1.29, 1.82) is 0 Å². The summed E-state index contributed by atoms with van der Waals surface area (Å²) in [6, 6.07) is 15.4. The highest BCUT2D eigenvalue weighted by Crippen LogP contribution is 2.27. The van der Waals surface area contributed by atoms with Crippen LogP contribution in [0.25, 0.3) is 11.4 Å². The maximum absolute atomic E-state index is 5.32. The summed E-state index contributed by atoms with van der Waals surface area (Å²) in [5.74, 6) is 3.34. The summed E-state index contributed by atoms with van der Waals surface area (Å²) in [6.45, 7) is 0. The molecule has 0 spiro atoms. The Morgan fingerprint density at radius 2 is 1.74 bits per heavy atom. The van der Waals surface area contributed by atoms with Gasteiger partial charge in [0.25, 0.3) is 0 Å². The SMILES string of the molecule is COc1cccc(SCc2nc(-c3cccc(OC)c3)no2)c1. The quantitative estimate of drug-likeness (QED) is 0.636. The van der Waals surface area contributed by atoms with Gasteiger partial charge in [0, 0.05) is 10.5 Å². The molecule has 1 aromatic heterocycles. The summed E-state index contributed by atoms with van der Waals surface area (Å²) in [5.41, 5.74) is 0.866. The predicted molar refractivity (Wildman–Crippen MR) is 88.8 cm³/mol. The molecule has 2 aromatic carbocycles. The van der Waals surface area contributed by atoms with Crippen LogP contribution in [0.1, 0.15) is 5.89 Å². The number of hydrogen-bond donors (Lipinski definition) is 0. The molecule has 0 bridgehead atoms. The molecule has 118 valence electrons. The summed E-state index contributed by atoms with van der Waals surface area (Å²) in [6.07, 6.45) is 0. The van der Waals surface area contributed by atoms with Crippen LogP contribution in [0.15, 0.2) is 57.9 Å². The zero-order valence-corrected chi connectivity index (χ0v) is 13.7. The lowest BCUT2D eigenvalue weighted by Crippen LogP contribution is -1.86. The van der Waals surface area contributed by atoms with E-state index in [0.717, 1.165) is 22.0 Å². The minimum Gasteiger partial charge on any atom is -0.497 e. The number of ether oxygens (including phenoxy) is 2. The Morgan fingerprint density at radius 3 is 2.52 bits per heavy atom. The first-order chi connectivity index (χ1) is 11.3. The second-order valence-electron chi connectivity index (χ2n) is 4.71. The van der Waals surface area contributed by atoms with Gasteiger partial charge in [-0.1, -0.05) is 23.4 Å². The van der Waals surface area contributed by atoms with Crippen LogP contribution in [0.4, 0.5) is 0 Å². The summed E-state index contributed by atoms with van der Waals surface area (Å²) in [5, 5.41) is 4.03. The van der Waals surface area contributed by atoms with Crippen molar-refractivity contribution in [3.05, 3.63) is 54.4 Å². The van der Waals surface area contributed by atoms with Gasteiger partial charge in [-0.2, -0.15) is 4.98 Å². The second kappa shape index (κ2) is 7.19. The third-order valence-corrected chi connectivity index (χ3v) is 4.18. The lowest BCUT2D eigenvalue weighted by atomic mass is 10.2. The van der Waals surface area contributed by atoms with E-state index < -0.39 is 0 Å². The molecular formula is C17H16N2O3S.